The summed E-state index contributed by atoms with van der Waals surface area (Å²) >= 11 is 0. The van der Waals surface area contributed by atoms with E-state index in [1.54, 1.807) is 0 Å². The van der Waals surface area contributed by atoms with Crippen molar-refractivity contribution in [3.63, 3.8) is 0 Å². The summed E-state index contributed by atoms with van der Waals surface area (Å²) in [6, 6.07) is 2.74. The van der Waals surface area contributed by atoms with Crippen LogP contribution in [0.1, 0.15) is 5.56 Å². The van der Waals surface area contributed by atoms with Crippen molar-refractivity contribution in [3.8, 4) is 16.9 Å². The highest BCUT2D eigenvalue weighted by molar-refractivity contribution is 5.75. The van der Waals surface area contributed by atoms with Gasteiger partial charge in [-0.2, -0.15) is 13.2 Å². The second kappa shape index (κ2) is 8.00. The van der Waals surface area contributed by atoms with Crippen molar-refractivity contribution in [2.45, 2.75) is 12.7 Å². The molecular formula is C16H16F3N3O4. The molecule has 0 radical (unpaired) electrons. The molecule has 10 heteroatoms. The number of rotatable bonds is 6. The van der Waals surface area contributed by atoms with Crippen LogP contribution in [0, 0.1) is 0 Å². The standard InChI is InChI=1S/C16H16F3N3O4/c1-20-14(23)7-22-8-21-6-12(15(22)24)11-4-3-10(16(17,18)19)5-13(11)26-9-25-2/h3-6,8H,7,9H2,1-2H3,(H,20,23). The molecule has 0 aliphatic rings. The summed E-state index contributed by atoms with van der Waals surface area (Å²) in [7, 11) is 2.73. The lowest BCUT2D eigenvalue weighted by Gasteiger charge is -2.14. The van der Waals surface area contributed by atoms with Crippen molar-refractivity contribution in [3.05, 3.63) is 46.6 Å². The quantitative estimate of drug-likeness (QED) is 0.781. The van der Waals surface area contributed by atoms with Crippen LogP contribution in [0.4, 0.5) is 13.2 Å². The number of hydrogen-bond acceptors (Lipinski definition) is 5. The molecule has 0 aliphatic heterocycles. The maximum atomic E-state index is 12.9. The molecule has 0 bridgehead atoms. The molecule has 1 heterocycles. The van der Waals surface area contributed by atoms with E-state index < -0.39 is 23.2 Å². The van der Waals surface area contributed by atoms with Crippen molar-refractivity contribution in [1.82, 2.24) is 14.9 Å². The molecule has 2 aromatic rings. The van der Waals surface area contributed by atoms with Gasteiger partial charge in [0, 0.05) is 25.9 Å². The molecule has 0 atom stereocenters. The number of hydrogen-bond donors (Lipinski definition) is 1. The van der Waals surface area contributed by atoms with Crippen molar-refractivity contribution in [1.29, 1.82) is 0 Å². The van der Waals surface area contributed by atoms with E-state index in [1.807, 2.05) is 0 Å². The molecule has 26 heavy (non-hydrogen) atoms. The fourth-order valence-corrected chi connectivity index (χ4v) is 2.14. The van der Waals surface area contributed by atoms with Crippen molar-refractivity contribution < 1.29 is 27.4 Å². The van der Waals surface area contributed by atoms with E-state index in [4.69, 9.17) is 9.47 Å². The Morgan fingerprint density at radius 2 is 2.04 bits per heavy atom. The molecule has 140 valence electrons. The smallest absolute Gasteiger partial charge is 0.416 e. The highest BCUT2D eigenvalue weighted by atomic mass is 19.4. The molecule has 0 spiro atoms. The predicted octanol–water partition coefficient (Wildman–Crippen LogP) is 1.66. The van der Waals surface area contributed by atoms with Gasteiger partial charge in [0.15, 0.2) is 6.79 Å². The molecular weight excluding hydrogens is 355 g/mol. The maximum absolute atomic E-state index is 12.9. The second-order valence-corrected chi connectivity index (χ2v) is 5.17. The third-order valence-corrected chi connectivity index (χ3v) is 3.43. The average Bonchev–Trinajstić information content (AvgIpc) is 2.60. The Labute approximate surface area is 146 Å². The first-order chi connectivity index (χ1) is 12.3. The molecule has 1 amide bonds. The van der Waals surface area contributed by atoms with Gasteiger partial charge in [0.25, 0.3) is 5.56 Å². The minimum atomic E-state index is -4.57. The van der Waals surface area contributed by atoms with E-state index in [0.29, 0.717) is 0 Å². The van der Waals surface area contributed by atoms with E-state index in [0.717, 1.165) is 22.8 Å². The minimum absolute atomic E-state index is 0.00349. The van der Waals surface area contributed by atoms with Gasteiger partial charge in [0.1, 0.15) is 12.3 Å². The molecule has 0 saturated heterocycles. The number of ether oxygens (including phenoxy) is 2. The summed E-state index contributed by atoms with van der Waals surface area (Å²) in [5.74, 6) is -0.604. The number of aromatic nitrogens is 2. The lowest BCUT2D eigenvalue weighted by molar-refractivity contribution is -0.137. The number of methoxy groups -OCH3 is 1. The fourth-order valence-electron chi connectivity index (χ4n) is 2.14. The summed E-state index contributed by atoms with van der Waals surface area (Å²) in [5.41, 5.74) is -1.41. The van der Waals surface area contributed by atoms with Gasteiger partial charge >= 0.3 is 6.18 Å². The second-order valence-electron chi connectivity index (χ2n) is 5.17. The average molecular weight is 371 g/mol. The Kier molecular flexibility index (Phi) is 5.98. The van der Waals surface area contributed by atoms with E-state index >= 15 is 0 Å². The van der Waals surface area contributed by atoms with Crippen molar-refractivity contribution in [2.75, 3.05) is 21.0 Å². The zero-order valence-electron chi connectivity index (χ0n) is 14.0. The molecule has 0 aliphatic carbocycles. The van der Waals surface area contributed by atoms with Crippen LogP contribution in [0.5, 0.6) is 5.75 Å². The molecule has 2 rings (SSSR count). The largest absolute Gasteiger partial charge is 0.467 e. The number of carbonyl (C=O) groups excluding carboxylic acids is 1. The number of amides is 1. The predicted molar refractivity (Wildman–Crippen MR) is 85.5 cm³/mol. The molecule has 0 unspecified atom stereocenters. The number of benzene rings is 1. The van der Waals surface area contributed by atoms with Crippen LogP contribution in [0.3, 0.4) is 0 Å². The SMILES string of the molecule is CNC(=O)Cn1cncc(-c2ccc(C(F)(F)F)cc2OCOC)c1=O. The first-order valence-corrected chi connectivity index (χ1v) is 7.36. The number of nitrogens with zero attached hydrogens (tertiary/aromatic N) is 2. The molecule has 1 N–H and O–H groups in total. The number of nitrogens with one attached hydrogen (secondary N) is 1. The van der Waals surface area contributed by atoms with Crippen molar-refractivity contribution >= 4 is 5.91 Å². The Balaban J connectivity index is 2.55. The van der Waals surface area contributed by atoms with E-state index in [-0.39, 0.29) is 30.2 Å². The van der Waals surface area contributed by atoms with Crippen LogP contribution in [-0.4, -0.2) is 36.4 Å². The zero-order chi connectivity index (χ0) is 19.3. The third kappa shape index (κ3) is 4.39. The molecule has 1 aromatic heterocycles. The number of carbonyl (C=O) groups is 1. The van der Waals surface area contributed by atoms with E-state index in [2.05, 4.69) is 10.3 Å². The topological polar surface area (TPSA) is 82.5 Å². The number of halogens is 3. The van der Waals surface area contributed by atoms with Gasteiger partial charge in [-0.15, -0.1) is 0 Å². The summed E-state index contributed by atoms with van der Waals surface area (Å²) < 4.78 is 49.8. The fraction of sp³-hybridized carbons (Fsp3) is 0.312. The van der Waals surface area contributed by atoms with Gasteiger partial charge in [-0.05, 0) is 18.2 Å². The summed E-state index contributed by atoms with van der Waals surface area (Å²) in [5, 5.41) is 2.37. The highest BCUT2D eigenvalue weighted by Gasteiger charge is 2.31. The monoisotopic (exact) mass is 371 g/mol. The third-order valence-electron chi connectivity index (χ3n) is 3.43. The van der Waals surface area contributed by atoms with E-state index in [9.17, 15) is 22.8 Å². The Hall–Kier alpha value is -2.88. The maximum Gasteiger partial charge on any atom is 0.416 e. The molecule has 0 saturated carbocycles. The first-order valence-electron chi connectivity index (χ1n) is 7.36. The first kappa shape index (κ1) is 19.4. The van der Waals surface area contributed by atoms with Crippen LogP contribution in [0.15, 0.2) is 35.5 Å². The van der Waals surface area contributed by atoms with Gasteiger partial charge in [-0.25, -0.2) is 4.98 Å². The lowest BCUT2D eigenvalue weighted by Crippen LogP contribution is -2.30. The van der Waals surface area contributed by atoms with Gasteiger partial charge in [-0.1, -0.05) is 0 Å². The molecule has 7 nitrogen and oxygen atoms in total. The van der Waals surface area contributed by atoms with Crippen LogP contribution >= 0.6 is 0 Å². The van der Waals surface area contributed by atoms with Crippen LogP contribution < -0.4 is 15.6 Å². The molecule has 1 aromatic carbocycles. The zero-order valence-corrected chi connectivity index (χ0v) is 14.0. The Bertz CT molecular complexity index is 849. The normalized spacial score (nSPS) is 11.3. The van der Waals surface area contributed by atoms with Crippen molar-refractivity contribution in [2.24, 2.45) is 0 Å². The van der Waals surface area contributed by atoms with Gasteiger partial charge in [0.2, 0.25) is 5.91 Å². The Morgan fingerprint density at radius 1 is 1.31 bits per heavy atom. The number of alkyl halides is 3. The minimum Gasteiger partial charge on any atom is -0.467 e. The van der Waals surface area contributed by atoms with Crippen LogP contribution in [-0.2, 0) is 22.3 Å². The lowest BCUT2D eigenvalue weighted by atomic mass is 10.0. The summed E-state index contributed by atoms with van der Waals surface area (Å²) in [6.07, 6.45) is -2.20. The molecule has 0 fully saturated rings. The van der Waals surface area contributed by atoms with Gasteiger partial charge < -0.3 is 14.8 Å². The summed E-state index contributed by atoms with van der Waals surface area (Å²) in [6.45, 7) is -0.577. The highest BCUT2D eigenvalue weighted by Crippen LogP contribution is 2.36. The summed E-state index contributed by atoms with van der Waals surface area (Å²) in [4.78, 5) is 27.9. The number of likely N-dealkylation sites (N-methyl/N-ethyl adjacent to an activating group) is 1. The van der Waals surface area contributed by atoms with Crippen LogP contribution in [0.2, 0.25) is 0 Å². The van der Waals surface area contributed by atoms with Gasteiger partial charge in [-0.3, -0.25) is 14.2 Å². The van der Waals surface area contributed by atoms with Gasteiger partial charge in [0.05, 0.1) is 17.5 Å². The Morgan fingerprint density at radius 3 is 2.65 bits per heavy atom. The van der Waals surface area contributed by atoms with Crippen LogP contribution in [0.25, 0.3) is 11.1 Å². The van der Waals surface area contributed by atoms with E-state index in [1.165, 1.54) is 26.7 Å².